The lowest BCUT2D eigenvalue weighted by atomic mass is 10.2. The van der Waals surface area contributed by atoms with Gasteiger partial charge in [0, 0.05) is 62.4 Å². The van der Waals surface area contributed by atoms with Crippen molar-refractivity contribution in [3.63, 3.8) is 0 Å². The third-order valence-corrected chi connectivity index (χ3v) is 13.1. The number of piperazine rings is 2. The van der Waals surface area contributed by atoms with Crippen molar-refractivity contribution in [2.75, 3.05) is 78.8 Å². The van der Waals surface area contributed by atoms with Crippen LogP contribution in [0.4, 0.5) is 0 Å². The van der Waals surface area contributed by atoms with Gasteiger partial charge in [0.05, 0.1) is 59.5 Å². The smallest absolute Gasteiger partial charge is 0.266 e. The van der Waals surface area contributed by atoms with Crippen molar-refractivity contribution in [1.29, 1.82) is 0 Å². The number of nitrogens with one attached hydrogen (secondary N) is 1. The number of carbonyl (C=O) groups is 2. The first kappa shape index (κ1) is 55.9. The number of ether oxygens (including phenoxy) is 4. The van der Waals surface area contributed by atoms with Crippen molar-refractivity contribution >= 4 is 67.8 Å². The number of hydrogen-bond donors (Lipinski definition) is 1. The lowest BCUT2D eigenvalue weighted by molar-refractivity contribution is -0.135. The fraction of sp³-hybridized carbons (Fsp3) is 0.276. The molecule has 6 aromatic carbocycles. The molecule has 0 radical (unpaired) electrons. The van der Waals surface area contributed by atoms with Gasteiger partial charge in [-0.25, -0.2) is 9.97 Å². The zero-order valence-corrected chi connectivity index (χ0v) is 45.1. The summed E-state index contributed by atoms with van der Waals surface area (Å²) in [6.07, 6.45) is 0. The van der Waals surface area contributed by atoms with Crippen LogP contribution in [0.15, 0.2) is 155 Å². The quantitative estimate of drug-likeness (QED) is 0.0915. The highest BCUT2D eigenvalue weighted by molar-refractivity contribution is 6.63. The summed E-state index contributed by atoms with van der Waals surface area (Å²) in [5, 5.41) is 5.26. The Hall–Kier alpha value is -7.31. The molecule has 2 saturated heterocycles. The molecule has 10 rings (SSSR count). The largest absolute Gasteiger partial charge is 0.492 e. The van der Waals surface area contributed by atoms with Gasteiger partial charge in [0.2, 0.25) is 0 Å². The Labute approximate surface area is 461 Å². The zero-order valence-electron chi connectivity index (χ0n) is 42.8. The maximum absolute atomic E-state index is 13.7. The summed E-state index contributed by atoms with van der Waals surface area (Å²) in [5.41, 5.74) is 2.61. The first-order chi connectivity index (χ1) is 37.5. The molecule has 0 bridgehead atoms. The molecule has 8 aromatic rings. The fourth-order valence-corrected chi connectivity index (χ4v) is 9.07. The SMILES string of the molecule is CCOc1ccccc1-n1c(CN2CCN(C(=O)COc3ccc(Cl)cc3)CC2)nc2ccccc2c1=O.CCOc1ccccc1-n1c(CN2CCNCC2)nc2ccccc2c1=O.O=C(Cl)COc1ccc(Cl)cc1. The van der Waals surface area contributed by atoms with Crippen LogP contribution in [-0.4, -0.2) is 124 Å². The highest BCUT2D eigenvalue weighted by Gasteiger charge is 2.25. The lowest BCUT2D eigenvalue weighted by Crippen LogP contribution is -2.50. The molecule has 77 heavy (non-hydrogen) atoms. The number of halogens is 3. The van der Waals surface area contributed by atoms with Gasteiger partial charge in [-0.2, -0.15) is 0 Å². The summed E-state index contributed by atoms with van der Waals surface area (Å²) in [6, 6.07) is 43.7. The van der Waals surface area contributed by atoms with Gasteiger partial charge < -0.3 is 29.2 Å². The molecule has 2 aliphatic rings. The Balaban J connectivity index is 0.000000174. The molecule has 0 saturated carbocycles. The third-order valence-electron chi connectivity index (χ3n) is 12.5. The van der Waals surface area contributed by atoms with Gasteiger partial charge in [-0.1, -0.05) is 71.7 Å². The molecular weight excluding hydrogens is 1040 g/mol. The van der Waals surface area contributed by atoms with Gasteiger partial charge in [0.15, 0.2) is 13.2 Å². The average molecular weight is 1100 g/mol. The summed E-state index contributed by atoms with van der Waals surface area (Å²) < 4.78 is 25.6. The molecule has 16 nitrogen and oxygen atoms in total. The van der Waals surface area contributed by atoms with Gasteiger partial charge in [0.25, 0.3) is 22.3 Å². The predicted molar refractivity (Wildman–Crippen MR) is 302 cm³/mol. The predicted octanol–water partition coefficient (Wildman–Crippen LogP) is 8.83. The second-order valence-electron chi connectivity index (χ2n) is 17.7. The van der Waals surface area contributed by atoms with E-state index in [-0.39, 0.29) is 30.2 Å². The van der Waals surface area contributed by atoms with Crippen LogP contribution in [-0.2, 0) is 22.7 Å². The molecule has 2 fully saturated rings. The first-order valence-electron chi connectivity index (χ1n) is 25.3. The minimum Gasteiger partial charge on any atom is -0.492 e. The Morgan fingerprint density at radius 1 is 0.519 bits per heavy atom. The van der Waals surface area contributed by atoms with Crippen molar-refractivity contribution in [2.45, 2.75) is 26.9 Å². The Morgan fingerprint density at radius 2 is 0.935 bits per heavy atom. The Bertz CT molecular complexity index is 3380. The van der Waals surface area contributed by atoms with Crippen LogP contribution in [0.5, 0.6) is 23.0 Å². The molecule has 4 heterocycles. The lowest BCUT2D eigenvalue weighted by Gasteiger charge is -2.34. The average Bonchev–Trinajstić information content (AvgIpc) is 3.48. The molecule has 0 spiro atoms. The third kappa shape index (κ3) is 15.0. The van der Waals surface area contributed by atoms with Crippen molar-refractivity contribution in [2.24, 2.45) is 0 Å². The minimum atomic E-state index is -0.523. The second kappa shape index (κ2) is 27.6. The van der Waals surface area contributed by atoms with Crippen LogP contribution >= 0.6 is 34.8 Å². The van der Waals surface area contributed by atoms with Crippen LogP contribution in [0.2, 0.25) is 10.0 Å². The summed E-state index contributed by atoms with van der Waals surface area (Å²) in [4.78, 5) is 66.1. The van der Waals surface area contributed by atoms with Gasteiger partial charge in [-0.05, 0) is 123 Å². The molecule has 2 aliphatic heterocycles. The second-order valence-corrected chi connectivity index (χ2v) is 19.0. The van der Waals surface area contributed by atoms with Crippen LogP contribution in [0.1, 0.15) is 25.5 Å². The molecule has 1 amide bonds. The van der Waals surface area contributed by atoms with E-state index >= 15 is 0 Å². The summed E-state index contributed by atoms with van der Waals surface area (Å²) in [5.74, 6) is 3.82. The summed E-state index contributed by atoms with van der Waals surface area (Å²) in [6.45, 7) is 12.1. The number of carbonyl (C=O) groups excluding carboxylic acids is 2. The van der Waals surface area contributed by atoms with E-state index < -0.39 is 5.24 Å². The van der Waals surface area contributed by atoms with Crippen molar-refractivity contribution < 1.29 is 28.5 Å². The number of hydrogen-bond acceptors (Lipinski definition) is 13. The highest BCUT2D eigenvalue weighted by atomic mass is 35.5. The molecule has 0 unspecified atom stereocenters. The number of fused-ring (bicyclic) bond motifs is 2. The van der Waals surface area contributed by atoms with Gasteiger partial charge in [-0.15, -0.1) is 0 Å². The van der Waals surface area contributed by atoms with E-state index in [1.54, 1.807) is 68.6 Å². The Kier molecular flexibility index (Phi) is 20.1. The Morgan fingerprint density at radius 3 is 1.39 bits per heavy atom. The maximum Gasteiger partial charge on any atom is 0.266 e. The number of rotatable bonds is 16. The molecule has 400 valence electrons. The number of aromatic nitrogens is 4. The molecule has 0 atom stereocenters. The number of amides is 1. The van der Waals surface area contributed by atoms with Crippen LogP contribution < -0.4 is 35.4 Å². The monoisotopic (exact) mass is 1100 g/mol. The van der Waals surface area contributed by atoms with Crippen molar-refractivity contribution in [3.05, 3.63) is 188 Å². The van der Waals surface area contributed by atoms with E-state index in [1.807, 2.05) is 105 Å². The highest BCUT2D eigenvalue weighted by Crippen LogP contribution is 2.26. The number of nitrogens with zero attached hydrogens (tertiary/aromatic N) is 7. The molecular formula is C58H59Cl3N8O8. The van der Waals surface area contributed by atoms with E-state index in [4.69, 9.17) is 63.7 Å². The maximum atomic E-state index is 13.7. The molecule has 19 heteroatoms. The topological polar surface area (TPSA) is 163 Å². The van der Waals surface area contributed by atoms with Crippen molar-refractivity contribution in [3.8, 4) is 34.4 Å². The van der Waals surface area contributed by atoms with Gasteiger partial charge >= 0.3 is 0 Å². The normalized spacial score (nSPS) is 13.7. The van der Waals surface area contributed by atoms with E-state index in [9.17, 15) is 19.2 Å². The summed E-state index contributed by atoms with van der Waals surface area (Å²) in [7, 11) is 0. The van der Waals surface area contributed by atoms with E-state index in [1.165, 1.54) is 0 Å². The van der Waals surface area contributed by atoms with E-state index in [2.05, 4.69) is 15.1 Å². The summed E-state index contributed by atoms with van der Waals surface area (Å²) >= 11 is 16.6. The van der Waals surface area contributed by atoms with E-state index in [0.29, 0.717) is 113 Å². The van der Waals surface area contributed by atoms with Gasteiger partial charge in [-0.3, -0.25) is 38.1 Å². The first-order valence-corrected chi connectivity index (χ1v) is 26.5. The van der Waals surface area contributed by atoms with Crippen LogP contribution in [0.25, 0.3) is 33.2 Å². The van der Waals surface area contributed by atoms with Crippen LogP contribution in [0, 0.1) is 0 Å². The van der Waals surface area contributed by atoms with Gasteiger partial charge in [0.1, 0.15) is 34.6 Å². The number of para-hydroxylation sites is 6. The van der Waals surface area contributed by atoms with E-state index in [0.717, 1.165) is 43.2 Å². The zero-order chi connectivity index (χ0) is 54.1. The fourth-order valence-electron chi connectivity index (χ4n) is 8.77. The minimum absolute atomic E-state index is 0.0262. The molecule has 0 aliphatic carbocycles. The molecule has 2 aromatic heterocycles. The number of benzene rings is 6. The standard InChI is InChI=1S/C29H29ClN4O4.C21H24N4O2.C8H6Cl2O2/c1-2-37-26-10-6-5-9-25(26)34-27(31-24-8-4-3-7-23(24)29(34)36)19-32-15-17-33(18-16-32)28(35)20-38-22-13-11-21(30)12-14-22;1-2-27-19-10-6-5-9-18(19)25-20(15-24-13-11-22-12-14-24)23-17-8-4-3-7-16(17)21(25)26;9-6-1-3-7(4-2-6)12-5-8(10)11/h3-14H,2,15-20H2,1H3;3-10,22H,2,11-15H2,1H3;1-4H,5H2. The molecule has 1 N–H and O–H groups in total. The van der Waals surface area contributed by atoms with Crippen molar-refractivity contribution in [1.82, 2.24) is 39.1 Å². The van der Waals surface area contributed by atoms with Crippen LogP contribution in [0.3, 0.4) is 0 Å².